The van der Waals surface area contributed by atoms with Crippen molar-refractivity contribution in [1.82, 2.24) is 10.3 Å². The Morgan fingerprint density at radius 2 is 1.68 bits per heavy atom. The smallest absolute Gasteiger partial charge is 0.346 e. The number of hydrazone groups is 1. The molecule has 0 saturated carbocycles. The third-order valence-electron chi connectivity index (χ3n) is 5.11. The summed E-state index contributed by atoms with van der Waals surface area (Å²) >= 11 is 0. The van der Waals surface area contributed by atoms with Gasteiger partial charge in [0, 0.05) is 11.4 Å². The zero-order valence-corrected chi connectivity index (χ0v) is 17.2. The van der Waals surface area contributed by atoms with Crippen LogP contribution >= 0.6 is 0 Å². The Hall–Kier alpha value is -4.13. The Morgan fingerprint density at radius 1 is 0.968 bits per heavy atom. The predicted octanol–water partition coefficient (Wildman–Crippen LogP) is 4.24. The van der Waals surface area contributed by atoms with Crippen LogP contribution in [0.25, 0.3) is 0 Å². The lowest BCUT2D eigenvalue weighted by Crippen LogP contribution is -2.40. The van der Waals surface area contributed by atoms with Crippen LogP contribution in [0, 0.1) is 0 Å². The molecule has 1 aliphatic rings. The summed E-state index contributed by atoms with van der Waals surface area (Å²) in [4.78, 5) is 25.4. The first-order valence-electron chi connectivity index (χ1n) is 9.77. The van der Waals surface area contributed by atoms with E-state index in [2.05, 4.69) is 15.7 Å². The van der Waals surface area contributed by atoms with E-state index in [0.29, 0.717) is 11.3 Å². The molecular weight excluding hydrogens is 392 g/mol. The molecule has 0 aliphatic carbocycles. The van der Waals surface area contributed by atoms with Gasteiger partial charge in [0.05, 0.1) is 13.3 Å². The quantitative estimate of drug-likeness (QED) is 0.467. The van der Waals surface area contributed by atoms with E-state index in [1.807, 2.05) is 54.6 Å². The third-order valence-corrected chi connectivity index (χ3v) is 5.11. The molecule has 3 aromatic rings. The van der Waals surface area contributed by atoms with Crippen LogP contribution in [0.4, 0.5) is 16.2 Å². The summed E-state index contributed by atoms with van der Waals surface area (Å²) in [6.07, 6.45) is 1.49. The zero-order chi connectivity index (χ0) is 21.8. The van der Waals surface area contributed by atoms with Crippen LogP contribution in [0.3, 0.4) is 0 Å². The van der Waals surface area contributed by atoms with E-state index in [9.17, 15) is 9.59 Å². The normalized spacial score (nSPS) is 18.3. The molecule has 3 amide bonds. The second-order valence-corrected chi connectivity index (χ2v) is 7.26. The summed E-state index contributed by atoms with van der Waals surface area (Å²) in [5.41, 5.74) is 2.07. The first kappa shape index (κ1) is 20.2. The van der Waals surface area contributed by atoms with Gasteiger partial charge in [0.25, 0.3) is 5.91 Å². The highest BCUT2D eigenvalue weighted by Gasteiger charge is 2.49. The van der Waals surface area contributed by atoms with Gasteiger partial charge in [0.15, 0.2) is 0 Å². The van der Waals surface area contributed by atoms with Crippen molar-refractivity contribution < 1.29 is 14.3 Å². The van der Waals surface area contributed by atoms with Gasteiger partial charge in [-0.2, -0.15) is 5.10 Å². The molecule has 7 nitrogen and oxygen atoms in total. The summed E-state index contributed by atoms with van der Waals surface area (Å²) in [7, 11) is 1.55. The number of hydrogen-bond acceptors (Lipinski definition) is 5. The Morgan fingerprint density at radius 3 is 2.39 bits per heavy atom. The topological polar surface area (TPSA) is 83.0 Å². The van der Waals surface area contributed by atoms with Gasteiger partial charge < -0.3 is 15.4 Å². The van der Waals surface area contributed by atoms with Crippen molar-refractivity contribution in [3.63, 3.8) is 0 Å². The Bertz CT molecular complexity index is 1130. The highest BCUT2D eigenvalue weighted by molar-refractivity contribution is 6.07. The number of rotatable bonds is 6. The van der Waals surface area contributed by atoms with Gasteiger partial charge in [-0.05, 0) is 54.4 Å². The van der Waals surface area contributed by atoms with Gasteiger partial charge in [-0.3, -0.25) is 4.79 Å². The molecule has 0 bridgehead atoms. The number of para-hydroxylation sites is 1. The molecule has 0 radical (unpaired) electrons. The molecule has 31 heavy (non-hydrogen) atoms. The van der Waals surface area contributed by atoms with Gasteiger partial charge in [-0.15, -0.1) is 5.01 Å². The SMILES string of the molecule is COc1cccc([C@]2(C)NC(=O)N(/N=C\c3ccc(Nc4ccccc4)cc3)C2=O)c1. The highest BCUT2D eigenvalue weighted by Crippen LogP contribution is 2.31. The Labute approximate surface area is 180 Å². The average molecular weight is 414 g/mol. The van der Waals surface area contributed by atoms with E-state index in [-0.39, 0.29) is 0 Å². The Kier molecular flexibility index (Phi) is 5.41. The number of imide groups is 1. The molecule has 1 aliphatic heterocycles. The fraction of sp³-hybridized carbons (Fsp3) is 0.125. The molecule has 3 aromatic carbocycles. The average Bonchev–Trinajstić information content (AvgIpc) is 3.03. The molecule has 0 aromatic heterocycles. The first-order chi connectivity index (χ1) is 15.0. The number of nitrogens with zero attached hydrogens (tertiary/aromatic N) is 2. The fourth-order valence-electron chi connectivity index (χ4n) is 3.32. The van der Waals surface area contributed by atoms with Crippen molar-refractivity contribution >= 4 is 29.5 Å². The van der Waals surface area contributed by atoms with Crippen molar-refractivity contribution in [2.75, 3.05) is 12.4 Å². The molecule has 1 heterocycles. The van der Waals surface area contributed by atoms with Crippen molar-refractivity contribution in [1.29, 1.82) is 0 Å². The number of ether oxygens (including phenoxy) is 1. The number of urea groups is 1. The van der Waals surface area contributed by atoms with Crippen LogP contribution in [0.15, 0.2) is 84.0 Å². The number of carbonyl (C=O) groups is 2. The van der Waals surface area contributed by atoms with E-state index in [0.717, 1.165) is 21.9 Å². The van der Waals surface area contributed by atoms with Gasteiger partial charge in [-0.1, -0.05) is 42.5 Å². The first-order valence-corrected chi connectivity index (χ1v) is 9.77. The molecule has 1 fully saturated rings. The lowest BCUT2D eigenvalue weighted by atomic mass is 9.92. The third kappa shape index (κ3) is 4.11. The van der Waals surface area contributed by atoms with Crippen molar-refractivity contribution in [2.45, 2.75) is 12.5 Å². The van der Waals surface area contributed by atoms with E-state index in [1.165, 1.54) is 6.21 Å². The minimum Gasteiger partial charge on any atom is -0.497 e. The molecule has 0 spiro atoms. The van der Waals surface area contributed by atoms with Crippen LogP contribution in [0.5, 0.6) is 5.75 Å². The zero-order valence-electron chi connectivity index (χ0n) is 17.2. The van der Waals surface area contributed by atoms with Crippen LogP contribution in [0.1, 0.15) is 18.1 Å². The van der Waals surface area contributed by atoms with Gasteiger partial charge in [-0.25, -0.2) is 4.79 Å². The van der Waals surface area contributed by atoms with E-state index in [1.54, 1.807) is 38.3 Å². The van der Waals surface area contributed by atoms with Crippen molar-refractivity contribution in [2.24, 2.45) is 5.10 Å². The standard InChI is InChI=1S/C24H22N4O3/c1-24(18-7-6-10-21(15-18)31-2)22(29)28(23(30)27-24)25-16-17-11-13-20(14-12-17)26-19-8-4-3-5-9-19/h3-16,26H,1-2H3,(H,27,30)/b25-16-/t24-/m0/s1. The van der Waals surface area contributed by atoms with E-state index < -0.39 is 17.5 Å². The van der Waals surface area contributed by atoms with Crippen LogP contribution < -0.4 is 15.4 Å². The molecule has 1 atom stereocenters. The number of carbonyl (C=O) groups excluding carboxylic acids is 2. The second-order valence-electron chi connectivity index (χ2n) is 7.26. The minimum absolute atomic E-state index is 0.454. The van der Waals surface area contributed by atoms with Crippen molar-refractivity contribution in [3.8, 4) is 5.75 Å². The van der Waals surface area contributed by atoms with Crippen molar-refractivity contribution in [3.05, 3.63) is 90.0 Å². The van der Waals surface area contributed by atoms with E-state index in [4.69, 9.17) is 4.74 Å². The summed E-state index contributed by atoms with van der Waals surface area (Å²) < 4.78 is 5.23. The molecule has 1 saturated heterocycles. The van der Waals surface area contributed by atoms with E-state index >= 15 is 0 Å². The molecule has 7 heteroatoms. The number of benzene rings is 3. The molecule has 2 N–H and O–H groups in total. The minimum atomic E-state index is -1.22. The van der Waals surface area contributed by atoms with Gasteiger partial charge in [0.2, 0.25) is 0 Å². The summed E-state index contributed by atoms with van der Waals surface area (Å²) in [5.74, 6) is 0.149. The summed E-state index contributed by atoms with van der Waals surface area (Å²) in [6, 6.07) is 23.8. The largest absolute Gasteiger partial charge is 0.497 e. The van der Waals surface area contributed by atoms with Crippen LogP contribution in [0.2, 0.25) is 0 Å². The van der Waals surface area contributed by atoms with Gasteiger partial charge in [0.1, 0.15) is 11.3 Å². The van der Waals surface area contributed by atoms with Gasteiger partial charge >= 0.3 is 6.03 Å². The highest BCUT2D eigenvalue weighted by atomic mass is 16.5. The lowest BCUT2D eigenvalue weighted by Gasteiger charge is -2.21. The molecule has 0 unspecified atom stereocenters. The summed E-state index contributed by atoms with van der Waals surface area (Å²) in [6.45, 7) is 1.65. The number of methoxy groups -OCH3 is 1. The fourth-order valence-corrected chi connectivity index (χ4v) is 3.32. The number of hydrogen-bond donors (Lipinski definition) is 2. The maximum atomic E-state index is 13.0. The lowest BCUT2D eigenvalue weighted by molar-refractivity contribution is -0.131. The number of amides is 3. The monoisotopic (exact) mass is 414 g/mol. The Balaban J connectivity index is 1.48. The second kappa shape index (κ2) is 8.31. The van der Waals surface area contributed by atoms with Crippen LogP contribution in [-0.4, -0.2) is 30.3 Å². The number of anilines is 2. The number of nitrogens with one attached hydrogen (secondary N) is 2. The van der Waals surface area contributed by atoms with Crippen LogP contribution in [-0.2, 0) is 10.3 Å². The maximum Gasteiger partial charge on any atom is 0.346 e. The molecule has 156 valence electrons. The molecular formula is C24H22N4O3. The molecule has 4 rings (SSSR count). The maximum absolute atomic E-state index is 13.0. The predicted molar refractivity (Wildman–Crippen MR) is 119 cm³/mol. The summed E-state index contributed by atoms with van der Waals surface area (Å²) in [5, 5.41) is 11.0.